The molecule has 1 aromatic heterocycles. The Morgan fingerprint density at radius 3 is 2.71 bits per heavy atom. The second-order valence-electron chi connectivity index (χ2n) is 4.00. The molecule has 0 unspecified atom stereocenters. The van der Waals surface area contributed by atoms with Crippen molar-refractivity contribution in [3.05, 3.63) is 53.3 Å². The quantitative estimate of drug-likeness (QED) is 0.878. The number of ether oxygens (including phenoxy) is 1. The van der Waals surface area contributed by atoms with Crippen LogP contribution < -0.4 is 10.5 Å². The average molecular weight is 228 g/mol. The summed E-state index contributed by atoms with van der Waals surface area (Å²) in [7, 11) is 0. The van der Waals surface area contributed by atoms with Crippen molar-refractivity contribution in [1.29, 1.82) is 0 Å². The van der Waals surface area contributed by atoms with E-state index in [4.69, 9.17) is 10.5 Å². The molecule has 88 valence electrons. The Hall–Kier alpha value is -1.87. The third-order valence-electron chi connectivity index (χ3n) is 2.61. The van der Waals surface area contributed by atoms with Gasteiger partial charge in [-0.05, 0) is 32.0 Å². The molecule has 0 radical (unpaired) electrons. The largest absolute Gasteiger partial charge is 0.455 e. The first-order chi connectivity index (χ1) is 8.20. The first-order valence-corrected chi connectivity index (χ1v) is 5.60. The molecule has 3 nitrogen and oxygen atoms in total. The number of nitrogens with zero attached hydrogens (tertiary/aromatic N) is 1. The van der Waals surface area contributed by atoms with Crippen LogP contribution in [0.1, 0.15) is 16.8 Å². The summed E-state index contributed by atoms with van der Waals surface area (Å²) >= 11 is 0. The van der Waals surface area contributed by atoms with Gasteiger partial charge in [0.25, 0.3) is 0 Å². The van der Waals surface area contributed by atoms with Gasteiger partial charge in [0.1, 0.15) is 11.5 Å². The van der Waals surface area contributed by atoms with Gasteiger partial charge < -0.3 is 10.5 Å². The summed E-state index contributed by atoms with van der Waals surface area (Å²) in [4.78, 5) is 4.19. The maximum atomic E-state index is 5.84. The second-order valence-corrected chi connectivity index (χ2v) is 4.00. The molecular formula is C14H16N2O. The standard InChI is InChI=1S/C14H16N2O/c1-10-5-6-14(12(8-10)9-15)17-13-4-3-7-16-11(13)2/h3-8H,9,15H2,1-2H3. The molecule has 3 heteroatoms. The van der Waals surface area contributed by atoms with Crippen LogP contribution in [0, 0.1) is 13.8 Å². The van der Waals surface area contributed by atoms with Gasteiger partial charge in [0, 0.05) is 18.3 Å². The summed E-state index contributed by atoms with van der Waals surface area (Å²) in [6, 6.07) is 9.77. The number of pyridine rings is 1. The molecule has 2 aromatic rings. The lowest BCUT2D eigenvalue weighted by Crippen LogP contribution is -2.00. The van der Waals surface area contributed by atoms with E-state index in [9.17, 15) is 0 Å². The Kier molecular flexibility index (Phi) is 3.40. The number of hydrogen-bond acceptors (Lipinski definition) is 3. The van der Waals surface area contributed by atoms with E-state index >= 15 is 0 Å². The first kappa shape index (κ1) is 11.6. The van der Waals surface area contributed by atoms with E-state index in [1.54, 1.807) is 6.20 Å². The molecule has 2 rings (SSSR count). The molecule has 0 fully saturated rings. The van der Waals surface area contributed by atoms with Gasteiger partial charge in [-0.25, -0.2) is 0 Å². The van der Waals surface area contributed by atoms with E-state index in [1.165, 1.54) is 5.56 Å². The Bertz CT molecular complexity index is 523. The lowest BCUT2D eigenvalue weighted by Gasteiger charge is -2.11. The van der Waals surface area contributed by atoms with Gasteiger partial charge in [-0.2, -0.15) is 0 Å². The highest BCUT2D eigenvalue weighted by atomic mass is 16.5. The van der Waals surface area contributed by atoms with Crippen LogP contribution in [-0.2, 0) is 6.54 Å². The number of rotatable bonds is 3. The van der Waals surface area contributed by atoms with E-state index in [2.05, 4.69) is 4.98 Å². The van der Waals surface area contributed by atoms with Crippen LogP contribution in [-0.4, -0.2) is 4.98 Å². The van der Waals surface area contributed by atoms with Crippen molar-refractivity contribution in [2.24, 2.45) is 5.73 Å². The first-order valence-electron chi connectivity index (χ1n) is 5.60. The van der Waals surface area contributed by atoms with Gasteiger partial charge in [0.2, 0.25) is 0 Å². The van der Waals surface area contributed by atoms with Crippen LogP contribution in [0.25, 0.3) is 0 Å². The Labute approximate surface area is 101 Å². The van der Waals surface area contributed by atoms with Crippen molar-refractivity contribution < 1.29 is 4.74 Å². The normalized spacial score (nSPS) is 10.3. The molecule has 0 aliphatic carbocycles. The van der Waals surface area contributed by atoms with Crippen molar-refractivity contribution in [1.82, 2.24) is 4.98 Å². The molecule has 2 N–H and O–H groups in total. The lowest BCUT2D eigenvalue weighted by molar-refractivity contribution is 0.469. The Balaban J connectivity index is 2.33. The second kappa shape index (κ2) is 4.97. The highest BCUT2D eigenvalue weighted by Crippen LogP contribution is 2.27. The molecular weight excluding hydrogens is 212 g/mol. The summed E-state index contributed by atoms with van der Waals surface area (Å²) < 4.78 is 5.84. The molecule has 0 aliphatic rings. The van der Waals surface area contributed by atoms with Gasteiger partial charge in [0.15, 0.2) is 0 Å². The van der Waals surface area contributed by atoms with Crippen LogP contribution in [0.2, 0.25) is 0 Å². The smallest absolute Gasteiger partial charge is 0.148 e. The number of aromatic nitrogens is 1. The molecule has 1 aromatic carbocycles. The highest BCUT2D eigenvalue weighted by Gasteiger charge is 2.06. The molecule has 0 atom stereocenters. The van der Waals surface area contributed by atoms with E-state index in [-0.39, 0.29) is 0 Å². The number of hydrogen-bond donors (Lipinski definition) is 1. The molecule has 0 bridgehead atoms. The highest BCUT2D eigenvalue weighted by molar-refractivity contribution is 5.41. The third-order valence-corrected chi connectivity index (χ3v) is 2.61. The zero-order chi connectivity index (χ0) is 12.3. The predicted octanol–water partition coefficient (Wildman–Crippen LogP) is 2.95. The fraction of sp³-hybridized carbons (Fsp3) is 0.214. The van der Waals surface area contributed by atoms with Crippen molar-refractivity contribution in [3.8, 4) is 11.5 Å². The van der Waals surface area contributed by atoms with Crippen molar-refractivity contribution in [3.63, 3.8) is 0 Å². The molecule has 1 heterocycles. The summed E-state index contributed by atoms with van der Waals surface area (Å²) in [6.07, 6.45) is 1.75. The SMILES string of the molecule is Cc1ccc(Oc2cccnc2C)c(CN)c1. The van der Waals surface area contributed by atoms with Crippen LogP contribution in [0.5, 0.6) is 11.5 Å². The molecule has 0 amide bonds. The summed E-state index contributed by atoms with van der Waals surface area (Å²) in [6.45, 7) is 4.43. The molecule has 0 aliphatic heterocycles. The van der Waals surface area contributed by atoms with Gasteiger partial charge >= 0.3 is 0 Å². The van der Waals surface area contributed by atoms with Crippen LogP contribution in [0.4, 0.5) is 0 Å². The average Bonchev–Trinajstić information content (AvgIpc) is 2.34. The summed E-state index contributed by atoms with van der Waals surface area (Å²) in [5.74, 6) is 1.57. The van der Waals surface area contributed by atoms with E-state index in [1.807, 2.05) is 44.2 Å². The van der Waals surface area contributed by atoms with Crippen molar-refractivity contribution in [2.75, 3.05) is 0 Å². The maximum absolute atomic E-state index is 5.84. The minimum Gasteiger partial charge on any atom is -0.455 e. The van der Waals surface area contributed by atoms with E-state index < -0.39 is 0 Å². The van der Waals surface area contributed by atoms with Crippen LogP contribution in [0.15, 0.2) is 36.5 Å². The van der Waals surface area contributed by atoms with Gasteiger partial charge in [-0.15, -0.1) is 0 Å². The summed E-state index contributed by atoms with van der Waals surface area (Å²) in [5, 5.41) is 0. The zero-order valence-corrected chi connectivity index (χ0v) is 10.1. The molecule has 0 saturated heterocycles. The predicted molar refractivity (Wildman–Crippen MR) is 68.1 cm³/mol. The fourth-order valence-corrected chi connectivity index (χ4v) is 1.66. The monoisotopic (exact) mass is 228 g/mol. The number of nitrogens with two attached hydrogens (primary N) is 1. The topological polar surface area (TPSA) is 48.1 Å². The van der Waals surface area contributed by atoms with Gasteiger partial charge in [-0.3, -0.25) is 4.98 Å². The fourth-order valence-electron chi connectivity index (χ4n) is 1.66. The Morgan fingerprint density at radius 2 is 2.00 bits per heavy atom. The minimum absolute atomic E-state index is 0.469. The lowest BCUT2D eigenvalue weighted by atomic mass is 10.1. The van der Waals surface area contributed by atoms with E-state index in [0.717, 1.165) is 22.8 Å². The maximum Gasteiger partial charge on any atom is 0.148 e. The van der Waals surface area contributed by atoms with Crippen LogP contribution >= 0.6 is 0 Å². The molecule has 17 heavy (non-hydrogen) atoms. The number of benzene rings is 1. The van der Waals surface area contributed by atoms with Crippen LogP contribution in [0.3, 0.4) is 0 Å². The molecule has 0 spiro atoms. The Morgan fingerprint density at radius 1 is 1.18 bits per heavy atom. The third kappa shape index (κ3) is 2.63. The van der Waals surface area contributed by atoms with Crippen molar-refractivity contribution in [2.45, 2.75) is 20.4 Å². The van der Waals surface area contributed by atoms with Crippen molar-refractivity contribution >= 4 is 0 Å². The van der Waals surface area contributed by atoms with Gasteiger partial charge in [0.05, 0.1) is 5.69 Å². The zero-order valence-electron chi connectivity index (χ0n) is 10.1. The number of aryl methyl sites for hydroxylation is 2. The molecule has 0 saturated carbocycles. The van der Waals surface area contributed by atoms with Gasteiger partial charge in [-0.1, -0.05) is 17.7 Å². The minimum atomic E-state index is 0.469. The van der Waals surface area contributed by atoms with E-state index in [0.29, 0.717) is 6.54 Å². The summed E-state index contributed by atoms with van der Waals surface area (Å²) in [5.41, 5.74) is 8.78.